The first kappa shape index (κ1) is 9.45. The molecule has 0 bridgehead atoms. The summed E-state index contributed by atoms with van der Waals surface area (Å²) in [5, 5.41) is 0.696. The van der Waals surface area contributed by atoms with E-state index in [1.54, 1.807) is 6.20 Å². The van der Waals surface area contributed by atoms with Crippen LogP contribution in [0.25, 0.3) is 10.9 Å². The van der Waals surface area contributed by atoms with Crippen LogP contribution in [-0.4, -0.2) is 4.98 Å². The maximum absolute atomic E-state index is 12.3. The van der Waals surface area contributed by atoms with Gasteiger partial charge in [0.25, 0.3) is 0 Å². The van der Waals surface area contributed by atoms with E-state index in [1.807, 2.05) is 0 Å². The maximum atomic E-state index is 12.3. The normalized spacial score (nSPS) is 12.3. The van der Waals surface area contributed by atoms with Crippen LogP contribution in [-0.2, 0) is 6.18 Å². The molecule has 0 atom stereocenters. The van der Waals surface area contributed by atoms with Crippen molar-refractivity contribution in [2.24, 2.45) is 0 Å². The Morgan fingerprint density at radius 1 is 1.21 bits per heavy atom. The van der Waals surface area contributed by atoms with E-state index in [9.17, 15) is 13.2 Å². The van der Waals surface area contributed by atoms with E-state index in [0.717, 1.165) is 12.1 Å². The van der Waals surface area contributed by atoms with Gasteiger partial charge in [-0.25, -0.2) is 0 Å². The highest BCUT2D eigenvalue weighted by Crippen LogP contribution is 2.32. The van der Waals surface area contributed by atoms with Gasteiger partial charge in [-0.15, -0.1) is 12.6 Å². The number of fused-ring (bicyclic) bond motifs is 1. The van der Waals surface area contributed by atoms with E-state index in [0.29, 0.717) is 15.8 Å². The van der Waals surface area contributed by atoms with E-state index in [4.69, 9.17) is 0 Å². The Kier molecular flexibility index (Phi) is 1.99. The zero-order valence-electron chi connectivity index (χ0n) is 6.89. The molecule has 0 fully saturated rings. The first-order valence-corrected chi connectivity index (χ1v) is 4.30. The molecule has 2 rings (SSSR count). The van der Waals surface area contributed by atoms with Crippen LogP contribution in [0.1, 0.15) is 5.56 Å². The molecule has 1 aromatic heterocycles. The molecule has 1 heterocycles. The number of nitrogens with one attached hydrogen (secondary N) is 1. The van der Waals surface area contributed by atoms with Gasteiger partial charge in [-0.05, 0) is 12.1 Å². The monoisotopic (exact) mass is 217 g/mol. The van der Waals surface area contributed by atoms with Crippen molar-refractivity contribution >= 4 is 23.5 Å². The van der Waals surface area contributed by atoms with Crippen LogP contribution in [0.15, 0.2) is 29.3 Å². The summed E-state index contributed by atoms with van der Waals surface area (Å²) in [6.07, 6.45) is -2.73. The molecule has 1 nitrogen and oxygen atoms in total. The lowest BCUT2D eigenvalue weighted by molar-refractivity contribution is -0.137. The molecule has 74 valence electrons. The van der Waals surface area contributed by atoms with Gasteiger partial charge in [0.15, 0.2) is 0 Å². The summed E-state index contributed by atoms with van der Waals surface area (Å²) in [6.45, 7) is 0. The number of aromatic amines is 1. The van der Waals surface area contributed by atoms with Gasteiger partial charge < -0.3 is 4.98 Å². The predicted octanol–water partition coefficient (Wildman–Crippen LogP) is 3.48. The second kappa shape index (κ2) is 2.95. The van der Waals surface area contributed by atoms with Gasteiger partial charge in [0.2, 0.25) is 0 Å². The van der Waals surface area contributed by atoms with Gasteiger partial charge in [-0.1, -0.05) is 6.07 Å². The fraction of sp³-hybridized carbons (Fsp3) is 0.111. The van der Waals surface area contributed by atoms with Crippen molar-refractivity contribution in [2.75, 3.05) is 0 Å². The van der Waals surface area contributed by atoms with Crippen LogP contribution in [0.5, 0.6) is 0 Å². The highest BCUT2D eigenvalue weighted by molar-refractivity contribution is 7.80. The average molecular weight is 217 g/mol. The van der Waals surface area contributed by atoms with Crippen molar-refractivity contribution in [3.8, 4) is 0 Å². The lowest BCUT2D eigenvalue weighted by Crippen LogP contribution is -2.03. The number of hydrogen-bond donors (Lipinski definition) is 2. The topological polar surface area (TPSA) is 15.8 Å². The molecule has 14 heavy (non-hydrogen) atoms. The number of aromatic nitrogens is 1. The Morgan fingerprint density at radius 3 is 2.57 bits per heavy atom. The molecule has 0 unspecified atom stereocenters. The summed E-state index contributed by atoms with van der Waals surface area (Å²) >= 11 is 4.10. The van der Waals surface area contributed by atoms with E-state index in [-0.39, 0.29) is 0 Å². The number of rotatable bonds is 0. The number of hydrogen-bond acceptors (Lipinski definition) is 1. The fourth-order valence-electron chi connectivity index (χ4n) is 1.29. The van der Waals surface area contributed by atoms with Crippen molar-refractivity contribution in [1.29, 1.82) is 0 Å². The Labute approximate surface area is 83.3 Å². The van der Waals surface area contributed by atoms with Crippen LogP contribution < -0.4 is 0 Å². The third kappa shape index (κ3) is 1.48. The minimum absolute atomic E-state index is 0.449. The van der Waals surface area contributed by atoms with Crippen molar-refractivity contribution in [3.63, 3.8) is 0 Å². The molecule has 0 amide bonds. The van der Waals surface area contributed by atoms with Crippen LogP contribution in [0.4, 0.5) is 13.2 Å². The molecule has 1 aromatic carbocycles. The Balaban J connectivity index is 2.63. The molecule has 2 aromatic rings. The van der Waals surface area contributed by atoms with E-state index < -0.39 is 11.7 Å². The van der Waals surface area contributed by atoms with E-state index in [2.05, 4.69) is 17.6 Å². The molecule has 0 saturated heterocycles. The number of halogens is 3. The zero-order valence-corrected chi connectivity index (χ0v) is 7.78. The van der Waals surface area contributed by atoms with Crippen LogP contribution in [0.2, 0.25) is 0 Å². The third-order valence-electron chi connectivity index (χ3n) is 1.99. The van der Waals surface area contributed by atoms with Gasteiger partial charge in [-0.3, -0.25) is 0 Å². The lowest BCUT2D eigenvalue weighted by Gasteiger charge is -2.05. The molecule has 1 N–H and O–H groups in total. The highest BCUT2D eigenvalue weighted by Gasteiger charge is 2.30. The van der Waals surface area contributed by atoms with Crippen molar-refractivity contribution in [2.45, 2.75) is 11.1 Å². The van der Waals surface area contributed by atoms with Crippen LogP contribution in [0.3, 0.4) is 0 Å². The number of benzene rings is 1. The molecule has 0 aliphatic carbocycles. The van der Waals surface area contributed by atoms with Crippen molar-refractivity contribution in [3.05, 3.63) is 30.0 Å². The molecular formula is C9H6F3NS. The first-order valence-electron chi connectivity index (χ1n) is 3.86. The van der Waals surface area contributed by atoms with Gasteiger partial charge in [0.05, 0.1) is 5.56 Å². The van der Waals surface area contributed by atoms with Crippen molar-refractivity contribution < 1.29 is 13.2 Å². The minimum atomic E-state index is -4.30. The van der Waals surface area contributed by atoms with Crippen LogP contribution >= 0.6 is 12.6 Å². The molecule has 0 saturated carbocycles. The maximum Gasteiger partial charge on any atom is 0.416 e. The predicted molar refractivity (Wildman–Crippen MR) is 50.6 cm³/mol. The second-order valence-electron chi connectivity index (χ2n) is 2.93. The zero-order chi connectivity index (χ0) is 10.3. The molecule has 5 heteroatoms. The Bertz CT molecular complexity index is 472. The Hall–Kier alpha value is -1.10. The minimum Gasteiger partial charge on any atom is -0.360 e. The SMILES string of the molecule is FC(F)(F)c1ccc2c(S)c[nH]c2c1. The summed E-state index contributed by atoms with van der Waals surface area (Å²) in [6, 6.07) is 3.54. The number of H-pyrrole nitrogens is 1. The lowest BCUT2D eigenvalue weighted by atomic mass is 10.1. The molecule has 0 spiro atoms. The molecular weight excluding hydrogens is 211 g/mol. The second-order valence-corrected chi connectivity index (χ2v) is 3.41. The fourth-order valence-corrected chi connectivity index (χ4v) is 1.55. The summed E-state index contributed by atoms with van der Waals surface area (Å²) in [5.74, 6) is 0. The Morgan fingerprint density at radius 2 is 1.93 bits per heavy atom. The number of thiol groups is 1. The summed E-state index contributed by atoms with van der Waals surface area (Å²) in [7, 11) is 0. The van der Waals surface area contributed by atoms with E-state index >= 15 is 0 Å². The smallest absolute Gasteiger partial charge is 0.360 e. The van der Waals surface area contributed by atoms with Crippen molar-refractivity contribution in [1.82, 2.24) is 4.98 Å². The van der Waals surface area contributed by atoms with Gasteiger partial charge >= 0.3 is 6.18 Å². The summed E-state index contributed by atoms with van der Waals surface area (Å²) < 4.78 is 36.9. The van der Waals surface area contributed by atoms with Crippen LogP contribution in [0, 0.1) is 0 Å². The summed E-state index contributed by atoms with van der Waals surface area (Å²) in [5.41, 5.74) is -0.204. The highest BCUT2D eigenvalue weighted by atomic mass is 32.1. The molecule has 0 aliphatic rings. The molecule has 0 aliphatic heterocycles. The molecule has 0 radical (unpaired) electrons. The van der Waals surface area contributed by atoms with E-state index in [1.165, 1.54) is 6.07 Å². The average Bonchev–Trinajstić information content (AvgIpc) is 2.46. The first-order chi connectivity index (χ1) is 6.48. The van der Waals surface area contributed by atoms with Gasteiger partial charge in [0.1, 0.15) is 0 Å². The number of alkyl halides is 3. The largest absolute Gasteiger partial charge is 0.416 e. The quantitative estimate of drug-likeness (QED) is 0.628. The third-order valence-corrected chi connectivity index (χ3v) is 2.36. The standard InChI is InChI=1S/C9H6F3NS/c10-9(11,12)5-1-2-6-7(3-5)13-4-8(6)14/h1-4,13-14H. The van der Waals surface area contributed by atoms with Gasteiger partial charge in [-0.2, -0.15) is 13.2 Å². The van der Waals surface area contributed by atoms with Gasteiger partial charge in [0, 0.05) is 22.0 Å². The summed E-state index contributed by atoms with van der Waals surface area (Å²) in [4.78, 5) is 3.37.